The number of carbonyl (C=O) groups excluding carboxylic acids is 1. The molecule has 0 atom stereocenters. The average molecular weight is 355 g/mol. The molecule has 0 radical (unpaired) electrons. The molecule has 0 aliphatic carbocycles. The lowest BCUT2D eigenvalue weighted by atomic mass is 10.0. The van der Waals surface area contributed by atoms with E-state index < -0.39 is 0 Å². The molecule has 0 unspecified atom stereocenters. The standard InChI is InChI=1S/C23H17NO3/c25-20(18-11-9-17(10-12-18)16-5-2-1-3-6-16)15-27-21-8-4-7-19-13-14-22(26)24-23(19)21/h1-14H,15H2,(H,24,26). The summed E-state index contributed by atoms with van der Waals surface area (Å²) in [6, 6.07) is 26.1. The van der Waals surface area contributed by atoms with Gasteiger partial charge in [-0.15, -0.1) is 0 Å². The predicted molar refractivity (Wildman–Crippen MR) is 106 cm³/mol. The van der Waals surface area contributed by atoms with Crippen LogP contribution < -0.4 is 10.3 Å². The molecule has 3 aromatic carbocycles. The van der Waals surface area contributed by atoms with Crippen LogP contribution in [0.4, 0.5) is 0 Å². The van der Waals surface area contributed by atoms with Crippen molar-refractivity contribution >= 4 is 16.7 Å². The summed E-state index contributed by atoms with van der Waals surface area (Å²) in [5.74, 6) is 0.365. The second-order valence-corrected chi connectivity index (χ2v) is 6.20. The summed E-state index contributed by atoms with van der Waals surface area (Å²) in [7, 11) is 0. The molecular weight excluding hydrogens is 338 g/mol. The van der Waals surface area contributed by atoms with Gasteiger partial charge < -0.3 is 9.72 Å². The number of nitrogens with one attached hydrogen (secondary N) is 1. The molecule has 1 N–H and O–H groups in total. The number of rotatable bonds is 5. The van der Waals surface area contributed by atoms with Crippen LogP contribution in [0.1, 0.15) is 10.4 Å². The van der Waals surface area contributed by atoms with E-state index in [1.807, 2.05) is 54.6 Å². The number of pyridine rings is 1. The molecule has 4 heteroatoms. The first-order valence-corrected chi connectivity index (χ1v) is 8.64. The highest BCUT2D eigenvalue weighted by Crippen LogP contribution is 2.23. The first-order valence-electron chi connectivity index (χ1n) is 8.64. The predicted octanol–water partition coefficient (Wildman–Crippen LogP) is 4.46. The molecule has 1 aromatic heterocycles. The zero-order valence-corrected chi connectivity index (χ0v) is 14.5. The van der Waals surface area contributed by atoms with Crippen molar-refractivity contribution in [1.82, 2.24) is 4.98 Å². The summed E-state index contributed by atoms with van der Waals surface area (Å²) in [6.45, 7) is -0.0965. The number of H-pyrrole nitrogens is 1. The highest BCUT2D eigenvalue weighted by Gasteiger charge is 2.09. The van der Waals surface area contributed by atoms with Crippen LogP contribution in [0.15, 0.2) is 89.7 Å². The van der Waals surface area contributed by atoms with E-state index in [-0.39, 0.29) is 17.9 Å². The molecule has 0 aliphatic heterocycles. The van der Waals surface area contributed by atoms with Crippen LogP contribution >= 0.6 is 0 Å². The van der Waals surface area contributed by atoms with Gasteiger partial charge in [-0.3, -0.25) is 9.59 Å². The lowest BCUT2D eigenvalue weighted by molar-refractivity contribution is 0.0922. The van der Waals surface area contributed by atoms with Gasteiger partial charge in [0, 0.05) is 17.0 Å². The van der Waals surface area contributed by atoms with E-state index in [1.165, 1.54) is 6.07 Å². The first kappa shape index (κ1) is 16.8. The molecule has 1 heterocycles. The Balaban J connectivity index is 1.50. The smallest absolute Gasteiger partial charge is 0.248 e. The van der Waals surface area contributed by atoms with Crippen molar-refractivity contribution in [2.75, 3.05) is 6.61 Å². The Morgan fingerprint density at radius 2 is 1.52 bits per heavy atom. The first-order chi connectivity index (χ1) is 13.2. The maximum atomic E-state index is 12.5. The summed E-state index contributed by atoms with van der Waals surface area (Å²) >= 11 is 0. The van der Waals surface area contributed by atoms with Gasteiger partial charge in [0.2, 0.25) is 5.56 Å². The number of aromatic amines is 1. The van der Waals surface area contributed by atoms with Gasteiger partial charge in [-0.2, -0.15) is 0 Å². The second-order valence-electron chi connectivity index (χ2n) is 6.20. The fraction of sp³-hybridized carbons (Fsp3) is 0.0435. The van der Waals surface area contributed by atoms with Gasteiger partial charge >= 0.3 is 0 Å². The van der Waals surface area contributed by atoms with Crippen molar-refractivity contribution in [2.45, 2.75) is 0 Å². The van der Waals surface area contributed by atoms with Crippen LogP contribution in [0.2, 0.25) is 0 Å². The number of benzene rings is 3. The van der Waals surface area contributed by atoms with Crippen molar-refractivity contribution in [2.24, 2.45) is 0 Å². The number of hydrogen-bond donors (Lipinski definition) is 1. The van der Waals surface area contributed by atoms with E-state index in [9.17, 15) is 9.59 Å². The fourth-order valence-electron chi connectivity index (χ4n) is 2.98. The third-order valence-electron chi connectivity index (χ3n) is 4.39. The summed E-state index contributed by atoms with van der Waals surface area (Å²) in [5, 5.41) is 0.853. The molecule has 0 bridgehead atoms. The fourth-order valence-corrected chi connectivity index (χ4v) is 2.98. The van der Waals surface area contributed by atoms with E-state index in [0.717, 1.165) is 16.5 Å². The highest BCUT2D eigenvalue weighted by molar-refractivity contribution is 5.98. The van der Waals surface area contributed by atoms with Gasteiger partial charge in [0.05, 0.1) is 5.52 Å². The van der Waals surface area contributed by atoms with Gasteiger partial charge in [0.1, 0.15) is 5.75 Å². The molecule has 0 aliphatic rings. The quantitative estimate of drug-likeness (QED) is 0.538. The molecule has 0 saturated carbocycles. The average Bonchev–Trinajstić information content (AvgIpc) is 2.73. The molecule has 0 saturated heterocycles. The van der Waals surface area contributed by atoms with Crippen LogP contribution in [0, 0.1) is 0 Å². The highest BCUT2D eigenvalue weighted by atomic mass is 16.5. The molecule has 4 aromatic rings. The summed E-state index contributed by atoms with van der Waals surface area (Å²) < 4.78 is 5.69. The number of carbonyl (C=O) groups is 1. The van der Waals surface area contributed by atoms with Gasteiger partial charge in [0.25, 0.3) is 0 Å². The minimum atomic E-state index is -0.207. The normalized spacial score (nSPS) is 10.7. The number of fused-ring (bicyclic) bond motifs is 1. The number of ether oxygens (including phenoxy) is 1. The number of aromatic nitrogens is 1. The van der Waals surface area contributed by atoms with Crippen molar-refractivity contribution in [3.05, 3.63) is 101 Å². The molecule has 132 valence electrons. The minimum Gasteiger partial charge on any atom is -0.483 e. The van der Waals surface area contributed by atoms with E-state index in [0.29, 0.717) is 16.8 Å². The maximum Gasteiger partial charge on any atom is 0.248 e. The van der Waals surface area contributed by atoms with Gasteiger partial charge in [-0.1, -0.05) is 66.7 Å². The van der Waals surface area contributed by atoms with Crippen molar-refractivity contribution in [3.8, 4) is 16.9 Å². The number of hydrogen-bond acceptors (Lipinski definition) is 3. The van der Waals surface area contributed by atoms with Crippen LogP contribution in [0.5, 0.6) is 5.75 Å². The van der Waals surface area contributed by atoms with Crippen LogP contribution in [-0.4, -0.2) is 17.4 Å². The van der Waals surface area contributed by atoms with Crippen LogP contribution in [0.25, 0.3) is 22.0 Å². The zero-order valence-electron chi connectivity index (χ0n) is 14.5. The Kier molecular flexibility index (Phi) is 4.54. The zero-order chi connectivity index (χ0) is 18.6. The Morgan fingerprint density at radius 3 is 2.30 bits per heavy atom. The monoisotopic (exact) mass is 355 g/mol. The lowest BCUT2D eigenvalue weighted by Gasteiger charge is -2.09. The number of para-hydroxylation sites is 1. The Bertz CT molecular complexity index is 1150. The molecule has 27 heavy (non-hydrogen) atoms. The molecular formula is C23H17NO3. The molecule has 0 fully saturated rings. The Hall–Kier alpha value is -3.66. The van der Waals surface area contributed by atoms with Crippen molar-refractivity contribution < 1.29 is 9.53 Å². The van der Waals surface area contributed by atoms with Crippen LogP contribution in [-0.2, 0) is 0 Å². The summed E-state index contributed by atoms with van der Waals surface area (Å²) in [6.07, 6.45) is 0. The van der Waals surface area contributed by atoms with E-state index in [4.69, 9.17) is 4.74 Å². The van der Waals surface area contributed by atoms with E-state index in [2.05, 4.69) is 4.98 Å². The van der Waals surface area contributed by atoms with Crippen molar-refractivity contribution in [1.29, 1.82) is 0 Å². The number of ketones is 1. The topological polar surface area (TPSA) is 59.2 Å². The SMILES string of the molecule is O=C(COc1cccc2ccc(=O)[nH]c12)c1ccc(-c2ccccc2)cc1. The molecule has 4 rings (SSSR count). The van der Waals surface area contributed by atoms with E-state index >= 15 is 0 Å². The van der Waals surface area contributed by atoms with Gasteiger partial charge in [-0.25, -0.2) is 0 Å². The summed E-state index contributed by atoms with van der Waals surface area (Å²) in [4.78, 5) is 26.8. The van der Waals surface area contributed by atoms with E-state index in [1.54, 1.807) is 24.3 Å². The molecule has 0 amide bonds. The Morgan fingerprint density at radius 1 is 0.778 bits per heavy atom. The molecule has 0 spiro atoms. The lowest BCUT2D eigenvalue weighted by Crippen LogP contribution is -2.12. The molecule has 4 nitrogen and oxygen atoms in total. The maximum absolute atomic E-state index is 12.5. The van der Waals surface area contributed by atoms with Crippen molar-refractivity contribution in [3.63, 3.8) is 0 Å². The van der Waals surface area contributed by atoms with Gasteiger partial charge in [0.15, 0.2) is 12.4 Å². The minimum absolute atomic E-state index is 0.0965. The third-order valence-corrected chi connectivity index (χ3v) is 4.39. The largest absolute Gasteiger partial charge is 0.483 e. The third kappa shape index (κ3) is 3.65. The van der Waals surface area contributed by atoms with Gasteiger partial charge in [-0.05, 0) is 23.3 Å². The van der Waals surface area contributed by atoms with Crippen LogP contribution in [0.3, 0.4) is 0 Å². The Labute approximate surface area is 156 Å². The second kappa shape index (κ2) is 7.30. The number of Topliss-reactive ketones (excluding diaryl/α,β-unsaturated/α-hetero) is 1. The summed E-state index contributed by atoms with van der Waals surface area (Å²) in [5.41, 5.74) is 3.13.